The number of alkyl carbamates (subject to hydrolysis) is 1. The molecule has 9 heteroatoms. The molecule has 0 radical (unpaired) electrons. The second-order valence-electron chi connectivity index (χ2n) is 8.52. The van der Waals surface area contributed by atoms with Gasteiger partial charge in [-0.3, -0.25) is 0 Å². The van der Waals surface area contributed by atoms with E-state index in [2.05, 4.69) is 15.4 Å². The third-order valence-electron chi connectivity index (χ3n) is 4.95. The molecule has 1 saturated carbocycles. The first-order valence-electron chi connectivity index (χ1n) is 9.86. The molecule has 0 bridgehead atoms. The number of hydrogen-bond acceptors (Lipinski definition) is 5. The van der Waals surface area contributed by atoms with Crippen molar-refractivity contribution in [2.24, 2.45) is 0 Å². The number of alkyl halides is 3. The van der Waals surface area contributed by atoms with Crippen LogP contribution in [0.25, 0.3) is 0 Å². The zero-order valence-electron chi connectivity index (χ0n) is 17.9. The highest BCUT2D eigenvalue weighted by Crippen LogP contribution is 2.35. The lowest BCUT2D eigenvalue weighted by atomic mass is 9.90. The Kier molecular flexibility index (Phi) is 7.26. The molecule has 168 valence electrons. The Morgan fingerprint density at radius 3 is 2.10 bits per heavy atom. The van der Waals surface area contributed by atoms with E-state index in [0.717, 1.165) is 19.2 Å². The van der Waals surface area contributed by atoms with Crippen molar-refractivity contribution in [3.63, 3.8) is 0 Å². The molecule has 0 atom stereocenters. The predicted molar refractivity (Wildman–Crippen MR) is 107 cm³/mol. The number of hydrogen-bond donors (Lipinski definition) is 2. The molecule has 1 aliphatic rings. The minimum Gasteiger partial charge on any atom is -0.465 e. The molecule has 0 spiro atoms. The van der Waals surface area contributed by atoms with E-state index < -0.39 is 29.4 Å². The van der Waals surface area contributed by atoms with Gasteiger partial charge in [0.25, 0.3) is 0 Å². The van der Waals surface area contributed by atoms with Crippen LogP contribution < -0.4 is 10.6 Å². The summed E-state index contributed by atoms with van der Waals surface area (Å²) in [6.45, 7) is 6.94. The molecule has 2 N–H and O–H groups in total. The second kappa shape index (κ2) is 9.14. The van der Waals surface area contributed by atoms with Crippen molar-refractivity contribution >= 4 is 17.7 Å². The number of anilines is 1. The summed E-state index contributed by atoms with van der Waals surface area (Å²) in [6.07, 6.45) is -2.41. The van der Waals surface area contributed by atoms with Crippen LogP contribution in [0.5, 0.6) is 0 Å². The summed E-state index contributed by atoms with van der Waals surface area (Å²) >= 11 is 0. The average molecular weight is 430 g/mol. The fourth-order valence-corrected chi connectivity index (χ4v) is 3.43. The van der Waals surface area contributed by atoms with Crippen molar-refractivity contribution in [3.8, 4) is 0 Å². The Balaban J connectivity index is 2.07. The molecule has 1 aromatic rings. The van der Waals surface area contributed by atoms with Crippen molar-refractivity contribution in [2.45, 2.75) is 77.2 Å². The molecule has 6 nitrogen and oxygen atoms in total. The van der Waals surface area contributed by atoms with Crippen LogP contribution in [0.3, 0.4) is 0 Å². The molecule has 2 rings (SSSR count). The number of halogens is 3. The van der Waals surface area contributed by atoms with E-state index >= 15 is 0 Å². The standard InChI is InChI=1S/C21H29F3N2O4/c1-12-16(18(27)29-5)10-13(21(22,23)24)11-17(12)25-14-6-8-15(9-7-14)26-19(28)30-20(2,3)4/h10-11,14-15,25H,6-9H2,1-5H3,(H,26,28)/t14-,15-. The Hall–Kier alpha value is -2.45. The Morgan fingerprint density at radius 1 is 1.03 bits per heavy atom. The molecule has 1 aromatic carbocycles. The minimum atomic E-state index is -4.58. The van der Waals surface area contributed by atoms with Gasteiger partial charge >= 0.3 is 18.2 Å². The van der Waals surface area contributed by atoms with Crippen molar-refractivity contribution in [1.82, 2.24) is 5.32 Å². The number of amides is 1. The number of rotatable bonds is 4. The van der Waals surface area contributed by atoms with Crippen LogP contribution in [0.1, 0.15) is 67.9 Å². The molecule has 1 fully saturated rings. The van der Waals surface area contributed by atoms with Gasteiger partial charge in [-0.2, -0.15) is 13.2 Å². The molecule has 0 aromatic heterocycles. The Labute approximate surface area is 174 Å². The van der Waals surface area contributed by atoms with E-state index in [1.807, 2.05) is 0 Å². The summed E-state index contributed by atoms with van der Waals surface area (Å²) in [5.74, 6) is -0.813. The fourth-order valence-electron chi connectivity index (χ4n) is 3.43. The topological polar surface area (TPSA) is 76.7 Å². The predicted octanol–water partition coefficient (Wildman–Crippen LogP) is 5.05. The number of nitrogens with one attached hydrogen (secondary N) is 2. The molecule has 30 heavy (non-hydrogen) atoms. The summed E-state index contributed by atoms with van der Waals surface area (Å²) in [5.41, 5.74) is -0.940. The van der Waals surface area contributed by atoms with Gasteiger partial charge in [-0.25, -0.2) is 9.59 Å². The van der Waals surface area contributed by atoms with Crippen LogP contribution in [0.4, 0.5) is 23.7 Å². The number of ether oxygens (including phenoxy) is 2. The number of carbonyl (C=O) groups is 2. The third kappa shape index (κ3) is 6.53. The molecule has 1 aliphatic carbocycles. The first-order valence-corrected chi connectivity index (χ1v) is 9.86. The highest BCUT2D eigenvalue weighted by atomic mass is 19.4. The molecule has 0 aliphatic heterocycles. The van der Waals surface area contributed by atoms with Gasteiger partial charge in [0.2, 0.25) is 0 Å². The first kappa shape index (κ1) is 23.8. The minimum absolute atomic E-state index is 0.0499. The van der Waals surface area contributed by atoms with Crippen molar-refractivity contribution in [2.75, 3.05) is 12.4 Å². The van der Waals surface area contributed by atoms with Crippen molar-refractivity contribution in [3.05, 3.63) is 28.8 Å². The monoisotopic (exact) mass is 430 g/mol. The maximum atomic E-state index is 13.3. The van der Waals surface area contributed by atoms with Gasteiger partial charge in [-0.1, -0.05) is 0 Å². The van der Waals surface area contributed by atoms with E-state index in [1.165, 1.54) is 0 Å². The Bertz CT molecular complexity index is 780. The van der Waals surface area contributed by atoms with Crippen LogP contribution in [0.15, 0.2) is 12.1 Å². The first-order chi connectivity index (χ1) is 13.8. The van der Waals surface area contributed by atoms with Gasteiger partial charge < -0.3 is 20.1 Å². The van der Waals surface area contributed by atoms with Crippen molar-refractivity contribution in [1.29, 1.82) is 0 Å². The smallest absolute Gasteiger partial charge is 0.416 e. The largest absolute Gasteiger partial charge is 0.465 e. The maximum Gasteiger partial charge on any atom is 0.416 e. The average Bonchev–Trinajstić information content (AvgIpc) is 2.61. The number of benzene rings is 1. The Morgan fingerprint density at radius 2 is 1.60 bits per heavy atom. The van der Waals surface area contributed by atoms with E-state index in [4.69, 9.17) is 4.74 Å². The second-order valence-corrected chi connectivity index (χ2v) is 8.52. The zero-order chi connectivity index (χ0) is 22.7. The maximum absolute atomic E-state index is 13.3. The summed E-state index contributed by atoms with van der Waals surface area (Å²) in [6, 6.07) is 1.71. The third-order valence-corrected chi connectivity index (χ3v) is 4.95. The highest BCUT2D eigenvalue weighted by Gasteiger charge is 2.33. The van der Waals surface area contributed by atoms with E-state index in [-0.39, 0.29) is 23.3 Å². The van der Waals surface area contributed by atoms with Crippen LogP contribution >= 0.6 is 0 Å². The summed E-state index contributed by atoms with van der Waals surface area (Å²) in [7, 11) is 1.13. The molecular weight excluding hydrogens is 401 g/mol. The SMILES string of the molecule is COC(=O)c1cc(C(F)(F)F)cc(N[C@H]2CC[C@H](NC(=O)OC(C)(C)C)CC2)c1C. The van der Waals surface area contributed by atoms with Crippen LogP contribution in [-0.4, -0.2) is 36.9 Å². The number of esters is 1. The van der Waals surface area contributed by atoms with Gasteiger partial charge in [-0.15, -0.1) is 0 Å². The van der Waals surface area contributed by atoms with Gasteiger partial charge in [0.1, 0.15) is 5.60 Å². The molecule has 0 heterocycles. The lowest BCUT2D eigenvalue weighted by Gasteiger charge is -2.31. The molecule has 0 unspecified atom stereocenters. The van der Waals surface area contributed by atoms with Crippen molar-refractivity contribution < 1.29 is 32.2 Å². The summed E-state index contributed by atoms with van der Waals surface area (Å²) in [4.78, 5) is 23.8. The van der Waals surface area contributed by atoms with E-state index in [1.54, 1.807) is 27.7 Å². The summed E-state index contributed by atoms with van der Waals surface area (Å²) in [5, 5.41) is 5.97. The number of carbonyl (C=O) groups excluding carboxylic acids is 2. The van der Waals surface area contributed by atoms with Gasteiger partial charge in [0.05, 0.1) is 18.2 Å². The lowest BCUT2D eigenvalue weighted by molar-refractivity contribution is -0.137. The number of methoxy groups -OCH3 is 1. The van der Waals surface area contributed by atoms with Gasteiger partial charge in [0, 0.05) is 17.8 Å². The van der Waals surface area contributed by atoms with Crippen LogP contribution in [0.2, 0.25) is 0 Å². The van der Waals surface area contributed by atoms with E-state index in [0.29, 0.717) is 31.2 Å². The fraction of sp³-hybridized carbons (Fsp3) is 0.619. The van der Waals surface area contributed by atoms with Crippen LogP contribution in [0, 0.1) is 6.92 Å². The quantitative estimate of drug-likeness (QED) is 0.654. The lowest BCUT2D eigenvalue weighted by Crippen LogP contribution is -2.42. The van der Waals surface area contributed by atoms with Gasteiger partial charge in [0.15, 0.2) is 0 Å². The molecular formula is C21H29F3N2O4. The normalized spacial score (nSPS) is 19.7. The highest BCUT2D eigenvalue weighted by molar-refractivity contribution is 5.93. The molecule has 1 amide bonds. The van der Waals surface area contributed by atoms with Gasteiger partial charge in [-0.05, 0) is 71.1 Å². The summed E-state index contributed by atoms with van der Waals surface area (Å²) < 4.78 is 49.7. The van der Waals surface area contributed by atoms with Crippen LogP contribution in [-0.2, 0) is 15.7 Å². The van der Waals surface area contributed by atoms with E-state index in [9.17, 15) is 22.8 Å². The molecule has 0 saturated heterocycles. The zero-order valence-corrected chi connectivity index (χ0v) is 17.9.